The smallest absolute Gasteiger partial charge is 0.250 e. The van der Waals surface area contributed by atoms with E-state index in [9.17, 15) is 4.79 Å². The van der Waals surface area contributed by atoms with E-state index in [1.54, 1.807) is 12.3 Å². The number of fused-ring (bicyclic) bond motifs is 1. The van der Waals surface area contributed by atoms with Gasteiger partial charge in [0.25, 0.3) is 5.91 Å². The fourth-order valence-corrected chi connectivity index (χ4v) is 3.51. The van der Waals surface area contributed by atoms with Crippen molar-refractivity contribution in [3.05, 3.63) is 71.9 Å². The van der Waals surface area contributed by atoms with Gasteiger partial charge in [0.1, 0.15) is 0 Å². The van der Waals surface area contributed by atoms with Crippen molar-refractivity contribution >= 4 is 22.5 Å². The average Bonchev–Trinajstić information content (AvgIpc) is 2.68. The molecule has 0 spiro atoms. The van der Waals surface area contributed by atoms with E-state index in [1.165, 1.54) is 5.56 Å². The van der Waals surface area contributed by atoms with Crippen molar-refractivity contribution in [2.75, 3.05) is 24.5 Å². The zero-order valence-electron chi connectivity index (χ0n) is 13.9. The summed E-state index contributed by atoms with van der Waals surface area (Å²) in [6, 6.07) is 18.4. The lowest BCUT2D eigenvalue weighted by Gasteiger charge is -2.36. The van der Waals surface area contributed by atoms with Gasteiger partial charge in [-0.15, -0.1) is 0 Å². The van der Waals surface area contributed by atoms with Crippen molar-refractivity contribution in [1.82, 2.24) is 10.3 Å². The highest BCUT2D eigenvalue weighted by Crippen LogP contribution is 2.30. The number of carbonyl (C=O) groups excluding carboxylic acids is 1. The van der Waals surface area contributed by atoms with Crippen LogP contribution in [0.25, 0.3) is 10.9 Å². The maximum atomic E-state index is 11.7. The highest BCUT2D eigenvalue weighted by atomic mass is 16.1. The molecule has 4 rings (SSSR count). The lowest BCUT2D eigenvalue weighted by atomic mass is 10.0. The lowest BCUT2D eigenvalue weighted by molar-refractivity contribution is 0.100. The van der Waals surface area contributed by atoms with Crippen LogP contribution in [-0.2, 0) is 0 Å². The Morgan fingerprint density at radius 1 is 1.12 bits per heavy atom. The first-order valence-electron chi connectivity index (χ1n) is 8.45. The van der Waals surface area contributed by atoms with Crippen LogP contribution in [0.4, 0.5) is 5.69 Å². The van der Waals surface area contributed by atoms with Gasteiger partial charge in [-0.1, -0.05) is 30.3 Å². The molecular formula is C20H20N4O. The Hall–Kier alpha value is -2.92. The number of amides is 1. The van der Waals surface area contributed by atoms with Crippen LogP contribution in [0.15, 0.2) is 60.8 Å². The molecule has 0 aliphatic carbocycles. The number of hydrogen-bond acceptors (Lipinski definition) is 4. The molecule has 0 bridgehead atoms. The number of anilines is 1. The van der Waals surface area contributed by atoms with Crippen LogP contribution in [0.2, 0.25) is 0 Å². The quantitative estimate of drug-likeness (QED) is 0.773. The van der Waals surface area contributed by atoms with E-state index in [2.05, 4.69) is 39.5 Å². The number of piperazine rings is 1. The highest BCUT2D eigenvalue weighted by molar-refractivity contribution is 6.08. The highest BCUT2D eigenvalue weighted by Gasteiger charge is 2.23. The van der Waals surface area contributed by atoms with Crippen molar-refractivity contribution in [2.24, 2.45) is 5.73 Å². The van der Waals surface area contributed by atoms with Gasteiger partial charge < -0.3 is 16.0 Å². The van der Waals surface area contributed by atoms with Crippen LogP contribution in [0, 0.1) is 0 Å². The molecule has 2 aromatic carbocycles. The maximum absolute atomic E-state index is 11.7. The van der Waals surface area contributed by atoms with Crippen LogP contribution in [0.1, 0.15) is 22.0 Å². The van der Waals surface area contributed by atoms with Gasteiger partial charge >= 0.3 is 0 Å². The van der Waals surface area contributed by atoms with Gasteiger partial charge in [0.2, 0.25) is 0 Å². The summed E-state index contributed by atoms with van der Waals surface area (Å²) in [6.07, 6.45) is 1.70. The first-order valence-corrected chi connectivity index (χ1v) is 8.45. The molecule has 5 nitrogen and oxygen atoms in total. The number of rotatable bonds is 3. The molecule has 3 aromatic rings. The van der Waals surface area contributed by atoms with E-state index >= 15 is 0 Å². The summed E-state index contributed by atoms with van der Waals surface area (Å²) in [7, 11) is 0. The topological polar surface area (TPSA) is 71.2 Å². The van der Waals surface area contributed by atoms with Crippen molar-refractivity contribution in [2.45, 2.75) is 6.04 Å². The third kappa shape index (κ3) is 2.94. The largest absolute Gasteiger partial charge is 0.368 e. The number of nitrogens with one attached hydrogen (secondary N) is 1. The molecular weight excluding hydrogens is 312 g/mol. The maximum Gasteiger partial charge on any atom is 0.250 e. The molecule has 1 aliphatic heterocycles. The molecule has 1 atom stereocenters. The molecule has 1 unspecified atom stereocenters. The van der Waals surface area contributed by atoms with Crippen molar-refractivity contribution in [1.29, 1.82) is 0 Å². The Bertz CT molecular complexity index is 910. The van der Waals surface area contributed by atoms with E-state index in [0.717, 1.165) is 30.7 Å². The van der Waals surface area contributed by atoms with E-state index in [-0.39, 0.29) is 6.04 Å². The fourth-order valence-electron chi connectivity index (χ4n) is 3.51. The Balaban J connectivity index is 1.72. The number of nitrogens with zero attached hydrogens (tertiary/aromatic N) is 2. The molecule has 1 aliphatic rings. The van der Waals surface area contributed by atoms with Gasteiger partial charge in [-0.25, -0.2) is 0 Å². The van der Waals surface area contributed by atoms with Gasteiger partial charge in [0.05, 0.1) is 11.1 Å². The molecule has 3 N–H and O–H groups in total. The van der Waals surface area contributed by atoms with Crippen LogP contribution >= 0.6 is 0 Å². The van der Waals surface area contributed by atoms with Crippen molar-refractivity contribution in [3.8, 4) is 0 Å². The summed E-state index contributed by atoms with van der Waals surface area (Å²) in [5, 5.41) is 4.55. The zero-order chi connectivity index (χ0) is 17.2. The minimum Gasteiger partial charge on any atom is -0.368 e. The van der Waals surface area contributed by atoms with Gasteiger partial charge in [0.15, 0.2) is 0 Å². The molecule has 0 radical (unpaired) electrons. The van der Waals surface area contributed by atoms with Crippen LogP contribution in [0.3, 0.4) is 0 Å². The molecule has 25 heavy (non-hydrogen) atoms. The first kappa shape index (κ1) is 15.6. The third-order valence-corrected chi connectivity index (χ3v) is 4.73. The number of hydrogen-bond donors (Lipinski definition) is 2. The predicted octanol–water partition coefficient (Wildman–Crippen LogP) is 2.48. The Labute approximate surface area is 146 Å². The van der Waals surface area contributed by atoms with Crippen LogP contribution in [-0.4, -0.2) is 30.5 Å². The SMILES string of the molecule is NC(=O)c1ccc(N2CCNC(c3ccccc3)C2)c2cccnc12. The van der Waals surface area contributed by atoms with E-state index in [0.29, 0.717) is 11.1 Å². The van der Waals surface area contributed by atoms with Gasteiger partial charge in [0, 0.05) is 42.9 Å². The first-order chi connectivity index (χ1) is 12.2. The predicted molar refractivity (Wildman–Crippen MR) is 99.7 cm³/mol. The molecule has 126 valence electrons. The molecule has 5 heteroatoms. The summed E-state index contributed by atoms with van der Waals surface area (Å²) in [5.41, 5.74) is 9.01. The van der Waals surface area contributed by atoms with Crippen LogP contribution < -0.4 is 16.0 Å². The minimum absolute atomic E-state index is 0.275. The standard InChI is InChI=1S/C20H20N4O/c21-20(25)16-8-9-18(15-7-4-10-23-19(15)16)24-12-11-22-17(13-24)14-5-2-1-3-6-14/h1-10,17,22H,11-13H2,(H2,21,25). The molecule has 1 aromatic heterocycles. The fraction of sp³-hybridized carbons (Fsp3) is 0.200. The number of primary amides is 1. The number of aromatic nitrogens is 1. The molecule has 1 saturated heterocycles. The monoisotopic (exact) mass is 332 g/mol. The zero-order valence-corrected chi connectivity index (χ0v) is 13.9. The summed E-state index contributed by atoms with van der Waals surface area (Å²) in [6.45, 7) is 2.67. The number of benzene rings is 2. The van der Waals surface area contributed by atoms with E-state index in [1.807, 2.05) is 24.3 Å². The third-order valence-electron chi connectivity index (χ3n) is 4.73. The van der Waals surface area contributed by atoms with E-state index in [4.69, 9.17) is 5.73 Å². The lowest BCUT2D eigenvalue weighted by Crippen LogP contribution is -2.46. The summed E-state index contributed by atoms with van der Waals surface area (Å²) in [4.78, 5) is 18.4. The second kappa shape index (κ2) is 6.53. The normalized spacial score (nSPS) is 17.6. The molecule has 2 heterocycles. The number of nitrogens with two attached hydrogens (primary N) is 1. The second-order valence-electron chi connectivity index (χ2n) is 6.26. The molecule has 1 fully saturated rings. The van der Waals surface area contributed by atoms with Gasteiger partial charge in [-0.2, -0.15) is 0 Å². The number of pyridine rings is 1. The number of carbonyl (C=O) groups is 1. The average molecular weight is 332 g/mol. The Morgan fingerprint density at radius 3 is 2.76 bits per heavy atom. The van der Waals surface area contributed by atoms with E-state index < -0.39 is 5.91 Å². The molecule has 0 saturated carbocycles. The minimum atomic E-state index is -0.447. The summed E-state index contributed by atoms with van der Waals surface area (Å²) in [5.74, 6) is -0.447. The van der Waals surface area contributed by atoms with Crippen molar-refractivity contribution in [3.63, 3.8) is 0 Å². The summed E-state index contributed by atoms with van der Waals surface area (Å²) < 4.78 is 0. The van der Waals surface area contributed by atoms with Gasteiger partial charge in [-0.05, 0) is 29.8 Å². The molecule has 1 amide bonds. The van der Waals surface area contributed by atoms with Crippen LogP contribution in [0.5, 0.6) is 0 Å². The van der Waals surface area contributed by atoms with Gasteiger partial charge in [-0.3, -0.25) is 9.78 Å². The Kier molecular flexibility index (Phi) is 4.07. The summed E-state index contributed by atoms with van der Waals surface area (Å²) >= 11 is 0. The second-order valence-corrected chi connectivity index (χ2v) is 6.26. The Morgan fingerprint density at radius 2 is 1.96 bits per heavy atom. The van der Waals surface area contributed by atoms with Crippen molar-refractivity contribution < 1.29 is 4.79 Å².